The molecule has 3 aliphatic rings. The summed E-state index contributed by atoms with van der Waals surface area (Å²) in [5.74, 6) is -0.0792. The van der Waals surface area contributed by atoms with E-state index in [-0.39, 0.29) is 36.0 Å². The Bertz CT molecular complexity index is 1660. The second-order valence-corrected chi connectivity index (χ2v) is 12.7. The van der Waals surface area contributed by atoms with E-state index in [1.165, 1.54) is 34.8 Å². The topological polar surface area (TPSA) is 257 Å². The van der Waals surface area contributed by atoms with E-state index in [4.69, 9.17) is 34.7 Å². The van der Waals surface area contributed by atoms with Crippen molar-refractivity contribution in [2.75, 3.05) is 44.9 Å². The third kappa shape index (κ3) is 5.66. The highest BCUT2D eigenvalue weighted by molar-refractivity contribution is 7.51. The Morgan fingerprint density at radius 2 is 1.93 bits per heavy atom. The van der Waals surface area contributed by atoms with Gasteiger partial charge in [0.05, 0.1) is 19.5 Å². The molecule has 3 saturated heterocycles. The molecular formula is C24H34N9O10P. The number of rotatable bonds is 10. The number of anilines is 2. The van der Waals surface area contributed by atoms with Gasteiger partial charge in [-0.3, -0.25) is 28.0 Å². The first-order valence-electron chi connectivity index (χ1n) is 14.0. The Labute approximate surface area is 249 Å². The van der Waals surface area contributed by atoms with E-state index in [0.29, 0.717) is 13.1 Å². The number of ether oxygens (including phenoxy) is 3. The molecule has 0 aliphatic carbocycles. The Hall–Kier alpha value is -3.26. The number of aromatic nitrogens is 6. The molecular weight excluding hydrogens is 605 g/mol. The molecule has 0 aromatic carbocycles. The van der Waals surface area contributed by atoms with Crippen LogP contribution >= 0.6 is 7.75 Å². The number of H-pyrrole nitrogens is 1. The van der Waals surface area contributed by atoms with Gasteiger partial charge in [-0.1, -0.05) is 0 Å². The van der Waals surface area contributed by atoms with Gasteiger partial charge < -0.3 is 35.9 Å². The standard InChI is InChI=1S/C24H34N9O10P/c1-39-19-18(35)14(42-22(19)33-11-27-17-20(33)29-23(26)30-21(17)36)10-40-44(38,31-5-2-3-6-31)43-12-8-16(41-13(12)9-34)32-7-4-15(25)28-24(32)37/h4,7,11-14,16,18-19,22,34-35H,2-3,5-6,8-10H2,1H3,(H2,25,28,37)(H3,26,29,30,36)/t12?,13-,14-,16-,18?,19-,22-,44?/m1/s1. The number of nitrogens with two attached hydrogens (primary N) is 2. The van der Waals surface area contributed by atoms with E-state index in [1.54, 1.807) is 4.67 Å². The largest absolute Gasteiger partial charge is 0.408 e. The maximum atomic E-state index is 14.4. The Morgan fingerprint density at radius 3 is 2.64 bits per heavy atom. The lowest BCUT2D eigenvalue weighted by molar-refractivity contribution is -0.0614. The van der Waals surface area contributed by atoms with Gasteiger partial charge in [0.15, 0.2) is 17.4 Å². The second-order valence-electron chi connectivity index (χ2n) is 10.7. The lowest BCUT2D eigenvalue weighted by Gasteiger charge is -2.30. The molecule has 3 aromatic rings. The molecule has 44 heavy (non-hydrogen) atoms. The Balaban J connectivity index is 1.21. The first-order valence-corrected chi connectivity index (χ1v) is 15.5. The van der Waals surface area contributed by atoms with Gasteiger partial charge >= 0.3 is 13.4 Å². The SMILES string of the molecule is CO[C@@H]1C(O)[C@@H](COP(=O)(OC2C[C@H](n3ccc(N)nc3=O)O[C@@H]2CO)N2CCCC2)O[C@H]1n1cnc2c(=O)[nH]c(N)nc21. The maximum Gasteiger partial charge on any atom is 0.408 e. The molecule has 240 valence electrons. The molecule has 19 nitrogen and oxygen atoms in total. The molecule has 6 heterocycles. The fourth-order valence-electron chi connectivity index (χ4n) is 5.72. The highest BCUT2D eigenvalue weighted by Crippen LogP contribution is 2.57. The molecule has 20 heteroatoms. The third-order valence-corrected chi connectivity index (χ3v) is 10.0. The molecule has 3 aromatic heterocycles. The number of nitrogen functional groups attached to an aromatic ring is 2. The zero-order chi connectivity index (χ0) is 31.2. The zero-order valence-electron chi connectivity index (χ0n) is 23.7. The number of nitrogens with one attached hydrogen (secondary N) is 1. The van der Waals surface area contributed by atoms with Crippen LogP contribution < -0.4 is 22.7 Å². The van der Waals surface area contributed by atoms with Crippen LogP contribution in [-0.2, 0) is 27.8 Å². The lowest BCUT2D eigenvalue weighted by Crippen LogP contribution is -2.36. The summed E-state index contributed by atoms with van der Waals surface area (Å²) in [4.78, 5) is 39.0. The van der Waals surface area contributed by atoms with E-state index < -0.39 is 68.6 Å². The fourth-order valence-corrected chi connectivity index (χ4v) is 7.75. The van der Waals surface area contributed by atoms with E-state index in [9.17, 15) is 24.4 Å². The van der Waals surface area contributed by atoms with Crippen LogP contribution in [0.3, 0.4) is 0 Å². The van der Waals surface area contributed by atoms with Gasteiger partial charge in [0.25, 0.3) is 5.56 Å². The zero-order valence-corrected chi connectivity index (χ0v) is 24.6. The van der Waals surface area contributed by atoms with Gasteiger partial charge in [0.1, 0.15) is 42.6 Å². The van der Waals surface area contributed by atoms with Crippen LogP contribution in [0.15, 0.2) is 28.2 Å². The first-order chi connectivity index (χ1) is 21.1. The summed E-state index contributed by atoms with van der Waals surface area (Å²) in [5.41, 5.74) is 10.3. The molecule has 0 radical (unpaired) electrons. The third-order valence-electron chi connectivity index (χ3n) is 7.93. The van der Waals surface area contributed by atoms with Crippen molar-refractivity contribution in [1.29, 1.82) is 0 Å². The predicted molar refractivity (Wildman–Crippen MR) is 151 cm³/mol. The molecule has 0 bridgehead atoms. The van der Waals surface area contributed by atoms with E-state index in [2.05, 4.69) is 19.9 Å². The van der Waals surface area contributed by atoms with Crippen LogP contribution in [0.25, 0.3) is 11.2 Å². The minimum Gasteiger partial charge on any atom is -0.394 e. The van der Waals surface area contributed by atoms with Crippen molar-refractivity contribution in [1.82, 2.24) is 33.7 Å². The van der Waals surface area contributed by atoms with Crippen LogP contribution in [0, 0.1) is 0 Å². The van der Waals surface area contributed by atoms with E-state index in [1.807, 2.05) is 0 Å². The summed E-state index contributed by atoms with van der Waals surface area (Å²) >= 11 is 0. The summed E-state index contributed by atoms with van der Waals surface area (Å²) < 4.78 is 48.1. The quantitative estimate of drug-likeness (QED) is 0.161. The highest BCUT2D eigenvalue weighted by Gasteiger charge is 2.49. The number of hydrogen-bond acceptors (Lipinski definition) is 15. The number of aliphatic hydroxyl groups excluding tert-OH is 2. The van der Waals surface area contributed by atoms with Crippen molar-refractivity contribution in [3.63, 3.8) is 0 Å². The van der Waals surface area contributed by atoms with E-state index in [0.717, 1.165) is 12.8 Å². The lowest BCUT2D eigenvalue weighted by atomic mass is 10.1. The van der Waals surface area contributed by atoms with Gasteiger partial charge in [-0.15, -0.1) is 0 Å². The number of methoxy groups -OCH3 is 1. The Kier molecular flexibility index (Phi) is 8.57. The number of aromatic amines is 1. The molecule has 0 spiro atoms. The summed E-state index contributed by atoms with van der Waals surface area (Å²) in [6.07, 6.45) is -2.56. The second kappa shape index (κ2) is 12.3. The number of imidazole rings is 1. The molecule has 3 fully saturated rings. The van der Waals surface area contributed by atoms with Crippen molar-refractivity contribution in [2.45, 2.75) is 62.2 Å². The van der Waals surface area contributed by atoms with Crippen molar-refractivity contribution >= 4 is 30.7 Å². The molecule has 3 unspecified atom stereocenters. The van der Waals surface area contributed by atoms with Crippen molar-refractivity contribution in [3.05, 3.63) is 39.4 Å². The van der Waals surface area contributed by atoms with Crippen LogP contribution in [0.1, 0.15) is 31.7 Å². The summed E-state index contributed by atoms with van der Waals surface area (Å²) in [5, 5.41) is 21.1. The molecule has 0 saturated carbocycles. The minimum atomic E-state index is -4.05. The molecule has 6 rings (SSSR count). The van der Waals surface area contributed by atoms with Crippen LogP contribution in [-0.4, -0.2) is 108 Å². The van der Waals surface area contributed by atoms with Crippen molar-refractivity contribution in [3.8, 4) is 0 Å². The van der Waals surface area contributed by atoms with Gasteiger partial charge in [-0.05, 0) is 18.9 Å². The average molecular weight is 640 g/mol. The Morgan fingerprint density at radius 1 is 1.16 bits per heavy atom. The average Bonchev–Trinajstić information content (AvgIpc) is 3.78. The van der Waals surface area contributed by atoms with Crippen LogP contribution in [0.5, 0.6) is 0 Å². The number of aliphatic hydroxyl groups is 2. The fraction of sp³-hybridized carbons (Fsp3) is 0.625. The maximum absolute atomic E-state index is 14.4. The van der Waals surface area contributed by atoms with Crippen molar-refractivity contribution < 1.29 is 38.0 Å². The van der Waals surface area contributed by atoms with Crippen molar-refractivity contribution in [2.24, 2.45) is 0 Å². The monoisotopic (exact) mass is 639 g/mol. The molecule has 3 aliphatic heterocycles. The molecule has 8 atom stereocenters. The van der Waals surface area contributed by atoms with Gasteiger partial charge in [0, 0.05) is 32.8 Å². The minimum absolute atomic E-state index is 0.0197. The van der Waals surface area contributed by atoms with Gasteiger partial charge in [0.2, 0.25) is 5.95 Å². The smallest absolute Gasteiger partial charge is 0.394 e. The molecule has 7 N–H and O–H groups in total. The normalized spacial score (nSPS) is 30.8. The van der Waals surface area contributed by atoms with E-state index >= 15 is 0 Å². The van der Waals surface area contributed by atoms with Gasteiger partial charge in [-0.25, -0.2) is 19.0 Å². The van der Waals surface area contributed by atoms with Crippen LogP contribution in [0.2, 0.25) is 0 Å². The number of fused-ring (bicyclic) bond motifs is 1. The molecule has 0 amide bonds. The number of nitrogens with zero attached hydrogens (tertiary/aromatic N) is 6. The number of hydrogen-bond donors (Lipinski definition) is 5. The summed E-state index contributed by atoms with van der Waals surface area (Å²) in [6, 6.07) is 1.44. The van der Waals surface area contributed by atoms with Crippen LogP contribution in [0.4, 0.5) is 11.8 Å². The first kappa shape index (κ1) is 30.8. The highest BCUT2D eigenvalue weighted by atomic mass is 31.2. The predicted octanol–water partition coefficient (Wildman–Crippen LogP) is -1.30. The van der Waals surface area contributed by atoms with Gasteiger partial charge in [-0.2, -0.15) is 9.97 Å². The summed E-state index contributed by atoms with van der Waals surface area (Å²) in [7, 11) is -2.67. The summed E-state index contributed by atoms with van der Waals surface area (Å²) in [6.45, 7) is 0.0232.